The number of aliphatic hydroxyl groups excluding tert-OH is 1. The van der Waals surface area contributed by atoms with Gasteiger partial charge in [-0.1, -0.05) is 35.5 Å². The molecule has 3 aromatic rings. The molecule has 1 aromatic carbocycles. The molecule has 0 aliphatic carbocycles. The topological polar surface area (TPSA) is 72.0 Å². The monoisotopic (exact) mass is 301 g/mol. The minimum Gasteiger partial charge on any atom is -0.388 e. The lowest BCUT2D eigenvalue weighted by molar-refractivity contribution is 0.164. The van der Waals surface area contributed by atoms with Crippen LogP contribution in [0.1, 0.15) is 34.1 Å². The molecule has 0 bridgehead atoms. The summed E-state index contributed by atoms with van der Waals surface area (Å²) < 4.78 is 5.19. The molecule has 5 nitrogen and oxygen atoms in total. The first-order valence-corrected chi connectivity index (χ1v) is 7.54. The van der Waals surface area contributed by atoms with Crippen molar-refractivity contribution in [1.29, 1.82) is 0 Å². The van der Waals surface area contributed by atoms with Crippen LogP contribution in [0, 0.1) is 6.92 Å². The van der Waals surface area contributed by atoms with Crippen LogP contribution in [0.25, 0.3) is 0 Å². The number of hydrogen-bond acceptors (Lipinski definition) is 6. The van der Waals surface area contributed by atoms with Gasteiger partial charge in [-0.25, -0.2) is 4.98 Å². The van der Waals surface area contributed by atoms with Crippen molar-refractivity contribution in [2.75, 3.05) is 0 Å². The van der Waals surface area contributed by atoms with E-state index in [0.29, 0.717) is 24.6 Å². The van der Waals surface area contributed by atoms with Crippen molar-refractivity contribution >= 4 is 11.3 Å². The molecule has 1 N–H and O–H groups in total. The number of aromatic nitrogens is 3. The molecule has 0 aliphatic heterocycles. The number of thiazole rings is 1. The fraction of sp³-hybridized carbons (Fsp3) is 0.267. The second-order valence-electron chi connectivity index (χ2n) is 4.79. The fourth-order valence-corrected chi connectivity index (χ4v) is 2.79. The summed E-state index contributed by atoms with van der Waals surface area (Å²) in [6.45, 7) is 1.96. The van der Waals surface area contributed by atoms with Gasteiger partial charge in [0.2, 0.25) is 5.89 Å². The first-order chi connectivity index (χ1) is 10.2. The summed E-state index contributed by atoms with van der Waals surface area (Å²) in [5.41, 5.74) is 1.84. The zero-order valence-corrected chi connectivity index (χ0v) is 12.4. The van der Waals surface area contributed by atoms with E-state index in [-0.39, 0.29) is 0 Å². The predicted molar refractivity (Wildman–Crippen MR) is 79.1 cm³/mol. The molecule has 1 unspecified atom stereocenters. The van der Waals surface area contributed by atoms with Crippen LogP contribution in [0.4, 0.5) is 0 Å². The average molecular weight is 301 g/mol. The SMILES string of the molecule is Cc1csc(Cc2noc(CC(O)c3ccccc3)n2)n1. The van der Waals surface area contributed by atoms with Gasteiger partial charge >= 0.3 is 0 Å². The summed E-state index contributed by atoms with van der Waals surface area (Å²) >= 11 is 1.58. The molecule has 6 heteroatoms. The second-order valence-corrected chi connectivity index (χ2v) is 5.74. The normalized spacial score (nSPS) is 12.5. The average Bonchev–Trinajstić information content (AvgIpc) is 3.09. The van der Waals surface area contributed by atoms with Crippen molar-refractivity contribution in [2.24, 2.45) is 0 Å². The number of rotatable bonds is 5. The lowest BCUT2D eigenvalue weighted by atomic mass is 10.1. The van der Waals surface area contributed by atoms with Crippen LogP contribution < -0.4 is 0 Å². The summed E-state index contributed by atoms with van der Waals surface area (Å²) in [5, 5.41) is 17.0. The predicted octanol–water partition coefficient (Wildman–Crippen LogP) is 2.70. The van der Waals surface area contributed by atoms with Crippen LogP contribution in [-0.4, -0.2) is 20.2 Å². The van der Waals surface area contributed by atoms with E-state index in [1.807, 2.05) is 42.6 Å². The molecule has 21 heavy (non-hydrogen) atoms. The lowest BCUT2D eigenvalue weighted by Gasteiger charge is -2.07. The molecule has 1 atom stereocenters. The summed E-state index contributed by atoms with van der Waals surface area (Å²) in [6, 6.07) is 9.45. The third-order valence-corrected chi connectivity index (χ3v) is 4.01. The van der Waals surface area contributed by atoms with E-state index in [1.54, 1.807) is 11.3 Å². The lowest BCUT2D eigenvalue weighted by Crippen LogP contribution is -2.02. The van der Waals surface area contributed by atoms with Crippen molar-refractivity contribution in [2.45, 2.75) is 25.9 Å². The Morgan fingerprint density at radius 2 is 2.05 bits per heavy atom. The maximum absolute atomic E-state index is 10.1. The number of hydrogen-bond donors (Lipinski definition) is 1. The molecule has 0 saturated heterocycles. The van der Waals surface area contributed by atoms with Crippen LogP contribution in [0.5, 0.6) is 0 Å². The zero-order valence-electron chi connectivity index (χ0n) is 11.6. The Hall–Kier alpha value is -2.05. The third kappa shape index (κ3) is 3.53. The van der Waals surface area contributed by atoms with Gasteiger partial charge < -0.3 is 9.63 Å². The molecule has 0 amide bonds. The summed E-state index contributed by atoms with van der Waals surface area (Å²) in [4.78, 5) is 8.68. The first-order valence-electron chi connectivity index (χ1n) is 6.66. The van der Waals surface area contributed by atoms with Crippen LogP contribution in [-0.2, 0) is 12.8 Å². The second kappa shape index (κ2) is 6.15. The van der Waals surface area contributed by atoms with Gasteiger partial charge in [0.15, 0.2) is 5.82 Å². The molecule has 108 valence electrons. The molecule has 0 radical (unpaired) electrons. The maximum Gasteiger partial charge on any atom is 0.229 e. The molecular weight excluding hydrogens is 286 g/mol. The summed E-state index contributed by atoms with van der Waals surface area (Å²) in [7, 11) is 0. The van der Waals surface area contributed by atoms with Crippen molar-refractivity contribution in [3.05, 3.63) is 63.7 Å². The molecule has 0 fully saturated rings. The Morgan fingerprint density at radius 1 is 1.24 bits per heavy atom. The van der Waals surface area contributed by atoms with Crippen LogP contribution in [0.3, 0.4) is 0 Å². The highest BCUT2D eigenvalue weighted by Gasteiger charge is 2.14. The highest BCUT2D eigenvalue weighted by Crippen LogP contribution is 2.18. The minimum absolute atomic E-state index is 0.313. The van der Waals surface area contributed by atoms with E-state index in [2.05, 4.69) is 15.1 Å². The zero-order chi connectivity index (χ0) is 14.7. The van der Waals surface area contributed by atoms with Gasteiger partial charge in [0.25, 0.3) is 0 Å². The Balaban J connectivity index is 1.65. The largest absolute Gasteiger partial charge is 0.388 e. The highest BCUT2D eigenvalue weighted by atomic mass is 32.1. The third-order valence-electron chi connectivity index (χ3n) is 3.04. The highest BCUT2D eigenvalue weighted by molar-refractivity contribution is 7.09. The van der Waals surface area contributed by atoms with Gasteiger partial charge in [-0.3, -0.25) is 0 Å². The molecular formula is C15H15N3O2S. The van der Waals surface area contributed by atoms with Crippen molar-refractivity contribution in [3.63, 3.8) is 0 Å². The number of aliphatic hydroxyl groups is 1. The van der Waals surface area contributed by atoms with Crippen LogP contribution in [0.15, 0.2) is 40.2 Å². The van der Waals surface area contributed by atoms with E-state index in [4.69, 9.17) is 4.52 Å². The Kier molecular flexibility index (Phi) is 4.08. The number of nitrogens with zero attached hydrogens (tertiary/aromatic N) is 3. The summed E-state index contributed by atoms with van der Waals surface area (Å²) in [5.74, 6) is 1.04. The van der Waals surface area contributed by atoms with Crippen molar-refractivity contribution < 1.29 is 9.63 Å². The van der Waals surface area contributed by atoms with E-state index < -0.39 is 6.10 Å². The standard InChI is InChI=1S/C15H15N3O2S/c1-10-9-21-15(16-10)8-13-17-14(20-18-13)7-12(19)11-5-3-2-4-6-11/h2-6,9,12,19H,7-8H2,1H3. The first kappa shape index (κ1) is 13.9. The van der Waals surface area contributed by atoms with Gasteiger partial charge in [-0.05, 0) is 12.5 Å². The molecule has 2 heterocycles. The molecule has 0 spiro atoms. The molecule has 0 aliphatic rings. The molecule has 2 aromatic heterocycles. The Bertz CT molecular complexity index is 709. The van der Waals surface area contributed by atoms with Gasteiger partial charge in [0.1, 0.15) is 5.01 Å². The minimum atomic E-state index is -0.637. The Labute approximate surface area is 126 Å². The van der Waals surface area contributed by atoms with Gasteiger partial charge in [-0.15, -0.1) is 11.3 Å². The van der Waals surface area contributed by atoms with Gasteiger partial charge in [0, 0.05) is 11.1 Å². The van der Waals surface area contributed by atoms with E-state index >= 15 is 0 Å². The fourth-order valence-electron chi connectivity index (χ4n) is 2.02. The van der Waals surface area contributed by atoms with Crippen molar-refractivity contribution in [1.82, 2.24) is 15.1 Å². The van der Waals surface area contributed by atoms with Gasteiger partial charge in [0.05, 0.1) is 18.9 Å². The smallest absolute Gasteiger partial charge is 0.229 e. The van der Waals surface area contributed by atoms with E-state index in [9.17, 15) is 5.11 Å². The number of aryl methyl sites for hydroxylation is 1. The van der Waals surface area contributed by atoms with Crippen LogP contribution >= 0.6 is 11.3 Å². The molecule has 3 rings (SSSR count). The van der Waals surface area contributed by atoms with Crippen LogP contribution in [0.2, 0.25) is 0 Å². The quantitative estimate of drug-likeness (QED) is 0.784. The van der Waals surface area contributed by atoms with E-state index in [1.165, 1.54) is 0 Å². The van der Waals surface area contributed by atoms with Gasteiger partial charge in [-0.2, -0.15) is 4.98 Å². The Morgan fingerprint density at radius 3 is 2.76 bits per heavy atom. The summed E-state index contributed by atoms with van der Waals surface area (Å²) in [6.07, 6.45) is 0.235. The molecule has 0 saturated carbocycles. The maximum atomic E-state index is 10.1. The van der Waals surface area contributed by atoms with Crippen molar-refractivity contribution in [3.8, 4) is 0 Å². The number of benzene rings is 1. The van der Waals surface area contributed by atoms with E-state index in [0.717, 1.165) is 16.3 Å².